The van der Waals surface area contributed by atoms with E-state index in [2.05, 4.69) is 31.2 Å². The Morgan fingerprint density at radius 2 is 2.21 bits per heavy atom. The maximum atomic E-state index is 11.7. The molecule has 0 atom stereocenters. The number of hydrogen-bond donors (Lipinski definition) is 1. The SMILES string of the molecule is O=C(CSc1ncccc1Cl)Nc1ccc(Br)cn1. The average Bonchev–Trinajstić information content (AvgIpc) is 2.40. The number of carbonyl (C=O) groups is 1. The van der Waals surface area contributed by atoms with Gasteiger partial charge in [-0.2, -0.15) is 0 Å². The van der Waals surface area contributed by atoms with Crippen LogP contribution in [0.2, 0.25) is 5.02 Å². The lowest BCUT2D eigenvalue weighted by molar-refractivity contribution is -0.113. The first-order chi connectivity index (χ1) is 9.15. The average molecular weight is 359 g/mol. The van der Waals surface area contributed by atoms with Gasteiger partial charge >= 0.3 is 0 Å². The van der Waals surface area contributed by atoms with Crippen molar-refractivity contribution >= 4 is 51.0 Å². The lowest BCUT2D eigenvalue weighted by Gasteiger charge is -2.04. The number of anilines is 1. The fourth-order valence-corrected chi connectivity index (χ4v) is 2.44. The molecule has 0 aliphatic heterocycles. The van der Waals surface area contributed by atoms with Crippen LogP contribution >= 0.6 is 39.3 Å². The van der Waals surface area contributed by atoms with Crippen molar-refractivity contribution in [2.45, 2.75) is 5.03 Å². The second kappa shape index (κ2) is 6.88. The molecule has 4 nitrogen and oxygen atoms in total. The summed E-state index contributed by atoms with van der Waals surface area (Å²) < 4.78 is 0.861. The Balaban J connectivity index is 1.88. The standard InChI is InChI=1S/C12H9BrClN3OS/c13-8-3-4-10(16-6-8)17-11(18)7-19-12-9(14)2-1-5-15-12/h1-6H,7H2,(H,16,17,18). The topological polar surface area (TPSA) is 54.9 Å². The highest BCUT2D eigenvalue weighted by atomic mass is 79.9. The Hall–Kier alpha value is -1.11. The molecule has 98 valence electrons. The van der Waals surface area contributed by atoms with Gasteiger partial charge in [0.25, 0.3) is 0 Å². The number of rotatable bonds is 4. The summed E-state index contributed by atoms with van der Waals surface area (Å²) in [7, 11) is 0. The summed E-state index contributed by atoms with van der Waals surface area (Å²) in [5.74, 6) is 0.594. The fraction of sp³-hybridized carbons (Fsp3) is 0.0833. The lowest BCUT2D eigenvalue weighted by atomic mass is 10.4. The molecule has 0 radical (unpaired) electrons. The highest BCUT2D eigenvalue weighted by molar-refractivity contribution is 9.10. The molecular formula is C12H9BrClN3OS. The Kier molecular flexibility index (Phi) is 5.18. The Morgan fingerprint density at radius 1 is 1.37 bits per heavy atom. The minimum Gasteiger partial charge on any atom is -0.310 e. The lowest BCUT2D eigenvalue weighted by Crippen LogP contribution is -2.14. The first kappa shape index (κ1) is 14.3. The van der Waals surface area contributed by atoms with Crippen LogP contribution in [0.4, 0.5) is 5.82 Å². The van der Waals surface area contributed by atoms with E-state index in [1.807, 2.05) is 6.07 Å². The molecule has 7 heteroatoms. The van der Waals surface area contributed by atoms with Crippen molar-refractivity contribution in [1.29, 1.82) is 0 Å². The van der Waals surface area contributed by atoms with Gasteiger partial charge in [-0.05, 0) is 40.2 Å². The summed E-state index contributed by atoms with van der Waals surface area (Å²) in [6.07, 6.45) is 3.26. The van der Waals surface area contributed by atoms with Crippen LogP contribution in [0.5, 0.6) is 0 Å². The zero-order valence-electron chi connectivity index (χ0n) is 9.64. The molecule has 0 aromatic carbocycles. The first-order valence-corrected chi connectivity index (χ1v) is 7.45. The third-order valence-corrected chi connectivity index (χ3v) is 3.95. The van der Waals surface area contributed by atoms with Crippen LogP contribution in [0.3, 0.4) is 0 Å². The molecule has 0 aliphatic rings. The van der Waals surface area contributed by atoms with Gasteiger partial charge in [0.05, 0.1) is 10.8 Å². The molecule has 2 aromatic rings. The normalized spacial score (nSPS) is 10.2. The molecule has 19 heavy (non-hydrogen) atoms. The van der Waals surface area contributed by atoms with Crippen LogP contribution < -0.4 is 5.32 Å². The Bertz CT molecular complexity index is 579. The number of amides is 1. The molecule has 0 unspecified atom stereocenters. The summed E-state index contributed by atoms with van der Waals surface area (Å²) in [5, 5.41) is 3.88. The largest absolute Gasteiger partial charge is 0.310 e. The van der Waals surface area contributed by atoms with Gasteiger partial charge in [0.2, 0.25) is 5.91 Å². The van der Waals surface area contributed by atoms with Gasteiger partial charge in [-0.3, -0.25) is 4.79 Å². The fourth-order valence-electron chi connectivity index (χ4n) is 1.24. The minimum atomic E-state index is -0.151. The molecule has 0 saturated heterocycles. The molecule has 2 rings (SSSR count). The van der Waals surface area contributed by atoms with Crippen molar-refractivity contribution < 1.29 is 4.79 Å². The molecule has 0 bridgehead atoms. The summed E-state index contributed by atoms with van der Waals surface area (Å²) in [4.78, 5) is 19.9. The van der Waals surface area contributed by atoms with Crippen LogP contribution in [0.25, 0.3) is 0 Å². The second-order valence-electron chi connectivity index (χ2n) is 3.49. The number of pyridine rings is 2. The second-order valence-corrected chi connectivity index (χ2v) is 5.78. The number of aromatic nitrogens is 2. The van der Waals surface area contributed by atoms with Gasteiger partial charge in [-0.25, -0.2) is 9.97 Å². The number of nitrogens with one attached hydrogen (secondary N) is 1. The third kappa shape index (κ3) is 4.49. The van der Waals surface area contributed by atoms with Crippen LogP contribution in [0.15, 0.2) is 46.2 Å². The molecule has 0 aliphatic carbocycles. The smallest absolute Gasteiger partial charge is 0.235 e. The Morgan fingerprint density at radius 3 is 2.89 bits per heavy atom. The van der Waals surface area contributed by atoms with Gasteiger partial charge in [-0.15, -0.1) is 0 Å². The first-order valence-electron chi connectivity index (χ1n) is 5.30. The van der Waals surface area contributed by atoms with Gasteiger partial charge in [0.15, 0.2) is 0 Å². The summed E-state index contributed by atoms with van der Waals surface area (Å²) in [5.41, 5.74) is 0. The highest BCUT2D eigenvalue weighted by Gasteiger charge is 2.07. The monoisotopic (exact) mass is 357 g/mol. The maximum Gasteiger partial charge on any atom is 0.235 e. The quantitative estimate of drug-likeness (QED) is 0.848. The minimum absolute atomic E-state index is 0.151. The van der Waals surface area contributed by atoms with Gasteiger partial charge in [0, 0.05) is 16.9 Å². The van der Waals surface area contributed by atoms with Crippen molar-refractivity contribution in [2.24, 2.45) is 0 Å². The van der Waals surface area contributed by atoms with E-state index in [1.54, 1.807) is 30.6 Å². The molecular weight excluding hydrogens is 350 g/mol. The van der Waals surface area contributed by atoms with E-state index >= 15 is 0 Å². The van der Waals surface area contributed by atoms with Crippen molar-refractivity contribution in [3.05, 3.63) is 46.2 Å². The van der Waals surface area contributed by atoms with Crippen molar-refractivity contribution in [3.63, 3.8) is 0 Å². The molecule has 0 fully saturated rings. The van der Waals surface area contributed by atoms with Gasteiger partial charge in [0.1, 0.15) is 10.8 Å². The zero-order valence-corrected chi connectivity index (χ0v) is 12.8. The summed E-state index contributed by atoms with van der Waals surface area (Å²) in [6.45, 7) is 0. The van der Waals surface area contributed by atoms with Crippen LogP contribution in [-0.2, 0) is 4.79 Å². The zero-order chi connectivity index (χ0) is 13.7. The van der Waals surface area contributed by atoms with E-state index in [0.29, 0.717) is 15.9 Å². The molecule has 2 aromatic heterocycles. The maximum absolute atomic E-state index is 11.7. The van der Waals surface area contributed by atoms with E-state index in [1.165, 1.54) is 11.8 Å². The number of carbonyl (C=O) groups excluding carboxylic acids is 1. The van der Waals surface area contributed by atoms with Gasteiger partial charge < -0.3 is 5.32 Å². The predicted molar refractivity (Wildman–Crippen MR) is 80.5 cm³/mol. The molecule has 2 heterocycles. The van der Waals surface area contributed by atoms with Crippen molar-refractivity contribution in [3.8, 4) is 0 Å². The highest BCUT2D eigenvalue weighted by Crippen LogP contribution is 2.23. The van der Waals surface area contributed by atoms with Crippen LogP contribution in [0, 0.1) is 0 Å². The number of nitrogens with zero attached hydrogens (tertiary/aromatic N) is 2. The van der Waals surface area contributed by atoms with Crippen molar-refractivity contribution in [1.82, 2.24) is 9.97 Å². The number of hydrogen-bond acceptors (Lipinski definition) is 4. The van der Waals surface area contributed by atoms with E-state index in [9.17, 15) is 4.79 Å². The van der Waals surface area contributed by atoms with Crippen LogP contribution in [0.1, 0.15) is 0 Å². The molecule has 1 N–H and O–H groups in total. The van der Waals surface area contributed by atoms with E-state index < -0.39 is 0 Å². The molecule has 0 saturated carbocycles. The molecule has 0 spiro atoms. The predicted octanol–water partition coefficient (Wildman–Crippen LogP) is 3.62. The summed E-state index contributed by atoms with van der Waals surface area (Å²) in [6, 6.07) is 7.02. The summed E-state index contributed by atoms with van der Waals surface area (Å²) >= 11 is 10.5. The van der Waals surface area contributed by atoms with Crippen LogP contribution in [-0.4, -0.2) is 21.6 Å². The van der Waals surface area contributed by atoms with E-state index in [-0.39, 0.29) is 11.7 Å². The van der Waals surface area contributed by atoms with Gasteiger partial charge in [-0.1, -0.05) is 23.4 Å². The Labute approximate surface area is 128 Å². The van der Waals surface area contributed by atoms with Crippen molar-refractivity contribution in [2.75, 3.05) is 11.1 Å². The third-order valence-electron chi connectivity index (χ3n) is 2.06. The molecule has 1 amide bonds. The van der Waals surface area contributed by atoms with E-state index in [4.69, 9.17) is 11.6 Å². The van der Waals surface area contributed by atoms with E-state index in [0.717, 1.165) is 4.47 Å². The number of thioether (sulfide) groups is 1. The number of halogens is 2.